The number of aliphatic carboxylic acids is 1. The molecular formula is C17H18FNO5. The highest BCUT2D eigenvalue weighted by Crippen LogP contribution is 2.15. The quantitative estimate of drug-likeness (QED) is 0.812. The van der Waals surface area contributed by atoms with Crippen molar-refractivity contribution < 1.29 is 28.2 Å². The summed E-state index contributed by atoms with van der Waals surface area (Å²) in [6, 6.07) is 8.06. The molecule has 2 atom stereocenters. The Morgan fingerprint density at radius 1 is 1.21 bits per heavy atom. The Morgan fingerprint density at radius 3 is 2.50 bits per heavy atom. The highest BCUT2D eigenvalue weighted by molar-refractivity contribution is 5.92. The van der Waals surface area contributed by atoms with E-state index in [1.165, 1.54) is 37.3 Å². The van der Waals surface area contributed by atoms with Crippen LogP contribution in [-0.2, 0) is 11.4 Å². The Balaban J connectivity index is 1.91. The van der Waals surface area contributed by atoms with Crippen LogP contribution in [0.4, 0.5) is 4.39 Å². The summed E-state index contributed by atoms with van der Waals surface area (Å²) in [7, 11) is 0. The fourth-order valence-corrected chi connectivity index (χ4v) is 1.88. The van der Waals surface area contributed by atoms with Crippen LogP contribution in [0.3, 0.4) is 0 Å². The van der Waals surface area contributed by atoms with Gasteiger partial charge in [-0.1, -0.05) is 0 Å². The van der Waals surface area contributed by atoms with Crippen LogP contribution >= 0.6 is 0 Å². The summed E-state index contributed by atoms with van der Waals surface area (Å²) in [5.74, 6) is -1.60. The van der Waals surface area contributed by atoms with Crippen molar-refractivity contribution in [3.05, 3.63) is 53.7 Å². The van der Waals surface area contributed by atoms with E-state index in [-0.39, 0.29) is 18.2 Å². The van der Waals surface area contributed by atoms with Gasteiger partial charge in [0.25, 0.3) is 5.91 Å². The van der Waals surface area contributed by atoms with Crippen molar-refractivity contribution in [3.63, 3.8) is 0 Å². The predicted octanol–water partition coefficient (Wildman–Crippen LogP) is 2.84. The summed E-state index contributed by atoms with van der Waals surface area (Å²) < 4.78 is 23.6. The van der Waals surface area contributed by atoms with Crippen LogP contribution in [0.25, 0.3) is 0 Å². The third-order valence-electron chi connectivity index (χ3n) is 3.58. The summed E-state index contributed by atoms with van der Waals surface area (Å²) >= 11 is 0. The number of ether oxygens (including phenoxy) is 1. The molecule has 0 aliphatic heterocycles. The number of halogens is 1. The van der Waals surface area contributed by atoms with Crippen molar-refractivity contribution in [2.24, 2.45) is 5.92 Å². The number of amides is 1. The molecule has 24 heavy (non-hydrogen) atoms. The zero-order valence-corrected chi connectivity index (χ0v) is 13.3. The van der Waals surface area contributed by atoms with Gasteiger partial charge < -0.3 is 19.6 Å². The maximum atomic E-state index is 12.8. The lowest BCUT2D eigenvalue weighted by atomic mass is 10.0. The second kappa shape index (κ2) is 7.63. The third-order valence-corrected chi connectivity index (χ3v) is 3.58. The van der Waals surface area contributed by atoms with Crippen molar-refractivity contribution in [2.75, 3.05) is 0 Å². The average molecular weight is 335 g/mol. The number of carboxylic acid groups (broad SMARTS) is 1. The van der Waals surface area contributed by atoms with Gasteiger partial charge in [0.05, 0.1) is 5.92 Å². The molecule has 2 unspecified atom stereocenters. The molecule has 0 aliphatic rings. The zero-order valence-electron chi connectivity index (χ0n) is 13.3. The minimum Gasteiger partial charge on any atom is -0.486 e. The lowest BCUT2D eigenvalue weighted by Crippen LogP contribution is -2.39. The molecule has 0 spiro atoms. The van der Waals surface area contributed by atoms with Gasteiger partial charge in [0.1, 0.15) is 23.9 Å². The zero-order chi connectivity index (χ0) is 17.7. The van der Waals surface area contributed by atoms with Crippen LogP contribution in [-0.4, -0.2) is 23.0 Å². The molecule has 0 fully saturated rings. The molecule has 0 saturated carbocycles. The second-order valence-electron chi connectivity index (χ2n) is 5.40. The number of hydrogen-bond donors (Lipinski definition) is 2. The molecule has 2 rings (SSSR count). The standard InChI is InChI=1S/C17H18FNO5/c1-10(17(21)22)11(2)19-16(20)15-8-7-14(24-15)9-23-13-5-3-12(18)4-6-13/h3-8,10-11H,9H2,1-2H3,(H,19,20)(H,21,22). The van der Waals surface area contributed by atoms with Gasteiger partial charge in [0, 0.05) is 6.04 Å². The van der Waals surface area contributed by atoms with Gasteiger partial charge in [-0.25, -0.2) is 4.39 Å². The summed E-state index contributed by atoms with van der Waals surface area (Å²) in [5.41, 5.74) is 0. The molecule has 0 radical (unpaired) electrons. The highest BCUT2D eigenvalue weighted by atomic mass is 19.1. The van der Waals surface area contributed by atoms with Gasteiger partial charge in [-0.3, -0.25) is 9.59 Å². The number of carboxylic acids is 1. The Bertz CT molecular complexity index is 710. The number of furan rings is 1. The lowest BCUT2D eigenvalue weighted by Gasteiger charge is -2.16. The van der Waals surface area contributed by atoms with Crippen molar-refractivity contribution in [1.29, 1.82) is 0 Å². The van der Waals surface area contributed by atoms with Gasteiger partial charge in [0.15, 0.2) is 5.76 Å². The summed E-state index contributed by atoms with van der Waals surface area (Å²) in [4.78, 5) is 22.9. The van der Waals surface area contributed by atoms with Gasteiger partial charge in [-0.15, -0.1) is 0 Å². The monoisotopic (exact) mass is 335 g/mol. The molecular weight excluding hydrogens is 317 g/mol. The molecule has 2 aromatic rings. The predicted molar refractivity (Wildman–Crippen MR) is 83.2 cm³/mol. The molecule has 0 aliphatic carbocycles. The molecule has 1 aromatic heterocycles. The molecule has 1 amide bonds. The molecule has 1 heterocycles. The van der Waals surface area contributed by atoms with E-state index in [0.29, 0.717) is 11.5 Å². The third kappa shape index (κ3) is 4.58. The molecule has 128 valence electrons. The van der Waals surface area contributed by atoms with Crippen LogP contribution in [0, 0.1) is 11.7 Å². The van der Waals surface area contributed by atoms with Crippen LogP contribution in [0.1, 0.15) is 30.2 Å². The fraction of sp³-hybridized carbons (Fsp3) is 0.294. The van der Waals surface area contributed by atoms with Crippen molar-refractivity contribution in [2.45, 2.75) is 26.5 Å². The fourth-order valence-electron chi connectivity index (χ4n) is 1.88. The Hall–Kier alpha value is -2.83. The van der Waals surface area contributed by atoms with Crippen LogP contribution in [0.2, 0.25) is 0 Å². The summed E-state index contributed by atoms with van der Waals surface area (Å²) in [6.45, 7) is 3.20. The highest BCUT2D eigenvalue weighted by Gasteiger charge is 2.22. The van der Waals surface area contributed by atoms with Crippen LogP contribution < -0.4 is 10.1 Å². The van der Waals surface area contributed by atoms with E-state index in [1.807, 2.05) is 0 Å². The number of carbonyl (C=O) groups excluding carboxylic acids is 1. The number of benzene rings is 1. The van der Waals surface area contributed by atoms with E-state index in [1.54, 1.807) is 13.0 Å². The van der Waals surface area contributed by atoms with E-state index in [4.69, 9.17) is 14.3 Å². The number of hydrogen-bond acceptors (Lipinski definition) is 4. The Morgan fingerprint density at radius 2 is 1.88 bits per heavy atom. The molecule has 6 nitrogen and oxygen atoms in total. The Labute approximate surface area is 138 Å². The maximum Gasteiger partial charge on any atom is 0.308 e. The normalized spacial score (nSPS) is 13.1. The maximum absolute atomic E-state index is 12.8. The first-order valence-corrected chi connectivity index (χ1v) is 7.37. The van der Waals surface area contributed by atoms with E-state index in [9.17, 15) is 14.0 Å². The minimum atomic E-state index is -0.990. The second-order valence-corrected chi connectivity index (χ2v) is 5.40. The number of rotatable bonds is 7. The van der Waals surface area contributed by atoms with E-state index < -0.39 is 23.8 Å². The first-order chi connectivity index (χ1) is 11.4. The van der Waals surface area contributed by atoms with E-state index >= 15 is 0 Å². The average Bonchev–Trinajstić information content (AvgIpc) is 3.02. The number of nitrogens with one attached hydrogen (secondary N) is 1. The summed E-state index contributed by atoms with van der Waals surface area (Å²) in [5, 5.41) is 11.5. The topological polar surface area (TPSA) is 88.8 Å². The first-order valence-electron chi connectivity index (χ1n) is 7.37. The van der Waals surface area contributed by atoms with Gasteiger partial charge in [-0.2, -0.15) is 0 Å². The summed E-state index contributed by atoms with van der Waals surface area (Å²) in [6.07, 6.45) is 0. The van der Waals surface area contributed by atoms with Crippen LogP contribution in [0.5, 0.6) is 5.75 Å². The van der Waals surface area contributed by atoms with E-state index in [2.05, 4.69) is 5.32 Å². The largest absolute Gasteiger partial charge is 0.486 e. The van der Waals surface area contributed by atoms with Crippen molar-refractivity contribution in [3.8, 4) is 5.75 Å². The first kappa shape index (κ1) is 17.5. The lowest BCUT2D eigenvalue weighted by molar-refractivity contribution is -0.141. The Kier molecular flexibility index (Phi) is 5.57. The van der Waals surface area contributed by atoms with Crippen LogP contribution in [0.15, 0.2) is 40.8 Å². The molecule has 0 saturated heterocycles. The minimum absolute atomic E-state index is 0.0668. The van der Waals surface area contributed by atoms with Crippen molar-refractivity contribution >= 4 is 11.9 Å². The molecule has 2 N–H and O–H groups in total. The van der Waals surface area contributed by atoms with E-state index in [0.717, 1.165) is 0 Å². The van der Waals surface area contributed by atoms with Gasteiger partial charge in [0.2, 0.25) is 0 Å². The number of carbonyl (C=O) groups is 2. The van der Waals surface area contributed by atoms with Gasteiger partial charge >= 0.3 is 5.97 Å². The molecule has 0 bridgehead atoms. The molecule has 1 aromatic carbocycles. The molecule has 7 heteroatoms. The van der Waals surface area contributed by atoms with Crippen molar-refractivity contribution in [1.82, 2.24) is 5.32 Å². The van der Waals surface area contributed by atoms with Gasteiger partial charge in [-0.05, 0) is 50.2 Å². The SMILES string of the molecule is CC(NC(=O)c1ccc(COc2ccc(F)cc2)o1)C(C)C(=O)O. The smallest absolute Gasteiger partial charge is 0.308 e.